The summed E-state index contributed by atoms with van der Waals surface area (Å²) < 4.78 is 5.63. The minimum Gasteiger partial charge on any atom is -0.491 e. The molecule has 0 aliphatic rings. The van der Waals surface area contributed by atoms with Crippen LogP contribution in [-0.4, -0.2) is 23.1 Å². The van der Waals surface area contributed by atoms with Crippen LogP contribution >= 0.6 is 0 Å². The lowest BCUT2D eigenvalue weighted by Crippen LogP contribution is -2.26. The highest BCUT2D eigenvalue weighted by Crippen LogP contribution is 2.19. The Bertz CT molecular complexity index is 459. The Kier molecular flexibility index (Phi) is 5.36. The van der Waals surface area contributed by atoms with Crippen molar-refractivity contribution in [3.8, 4) is 5.75 Å². The molecule has 5 heteroatoms. The fourth-order valence-corrected chi connectivity index (χ4v) is 1.33. The van der Waals surface area contributed by atoms with Gasteiger partial charge in [-0.3, -0.25) is 9.59 Å². The Morgan fingerprint density at radius 3 is 2.63 bits per heavy atom. The van der Waals surface area contributed by atoms with Crippen LogP contribution in [0, 0.1) is 5.92 Å². The van der Waals surface area contributed by atoms with Crippen LogP contribution in [0.15, 0.2) is 24.3 Å². The first-order chi connectivity index (χ1) is 8.93. The Labute approximate surface area is 112 Å². The summed E-state index contributed by atoms with van der Waals surface area (Å²) in [5, 5.41) is 11.3. The maximum atomic E-state index is 11.6. The zero-order valence-corrected chi connectivity index (χ0v) is 11.3. The van der Waals surface area contributed by atoms with E-state index in [9.17, 15) is 9.59 Å². The molecule has 104 valence electrons. The van der Waals surface area contributed by atoms with Crippen molar-refractivity contribution in [3.63, 3.8) is 0 Å². The highest BCUT2D eigenvalue weighted by Gasteiger charge is 2.20. The van der Waals surface area contributed by atoms with Crippen LogP contribution in [0.3, 0.4) is 0 Å². The van der Waals surface area contributed by atoms with Gasteiger partial charge >= 0.3 is 5.97 Å². The average molecular weight is 265 g/mol. The van der Waals surface area contributed by atoms with Gasteiger partial charge in [-0.1, -0.05) is 13.0 Å². The number of benzene rings is 1. The molecule has 0 radical (unpaired) electrons. The van der Waals surface area contributed by atoms with Gasteiger partial charge in [-0.2, -0.15) is 0 Å². The SMILES string of the molecule is CCC(C)Oc1cccc(NC(=O)C(C)C(=O)O)c1. The molecule has 2 unspecified atom stereocenters. The monoisotopic (exact) mass is 265 g/mol. The van der Waals surface area contributed by atoms with E-state index in [1.165, 1.54) is 6.92 Å². The van der Waals surface area contributed by atoms with E-state index < -0.39 is 17.8 Å². The molecule has 0 heterocycles. The number of rotatable bonds is 6. The van der Waals surface area contributed by atoms with E-state index in [1.54, 1.807) is 24.3 Å². The first-order valence-corrected chi connectivity index (χ1v) is 6.24. The molecule has 2 N–H and O–H groups in total. The van der Waals surface area contributed by atoms with Crippen molar-refractivity contribution in [2.75, 3.05) is 5.32 Å². The van der Waals surface area contributed by atoms with Gasteiger partial charge in [0.25, 0.3) is 0 Å². The Balaban J connectivity index is 2.72. The summed E-state index contributed by atoms with van der Waals surface area (Å²) >= 11 is 0. The second-order valence-corrected chi connectivity index (χ2v) is 4.41. The van der Waals surface area contributed by atoms with Crippen LogP contribution in [0.2, 0.25) is 0 Å². The second kappa shape index (κ2) is 6.78. The number of carbonyl (C=O) groups is 2. The summed E-state index contributed by atoms with van der Waals surface area (Å²) in [6.07, 6.45) is 0.969. The minimum atomic E-state index is -1.15. The van der Waals surface area contributed by atoms with Crippen LogP contribution in [0.25, 0.3) is 0 Å². The summed E-state index contributed by atoms with van der Waals surface area (Å²) in [6.45, 7) is 5.32. The fourth-order valence-electron chi connectivity index (χ4n) is 1.33. The van der Waals surface area contributed by atoms with Crippen molar-refractivity contribution in [2.24, 2.45) is 5.92 Å². The molecule has 1 aromatic rings. The first-order valence-electron chi connectivity index (χ1n) is 6.24. The fraction of sp³-hybridized carbons (Fsp3) is 0.429. The van der Waals surface area contributed by atoms with Crippen LogP contribution in [0.1, 0.15) is 27.2 Å². The third-order valence-electron chi connectivity index (χ3n) is 2.78. The van der Waals surface area contributed by atoms with Gasteiger partial charge in [0.05, 0.1) is 6.10 Å². The van der Waals surface area contributed by atoms with Crippen LogP contribution < -0.4 is 10.1 Å². The number of anilines is 1. The van der Waals surface area contributed by atoms with Crippen LogP contribution in [0.4, 0.5) is 5.69 Å². The number of amides is 1. The van der Waals surface area contributed by atoms with Crippen LogP contribution in [0.5, 0.6) is 5.75 Å². The van der Waals surface area contributed by atoms with Gasteiger partial charge in [-0.15, -0.1) is 0 Å². The van der Waals surface area contributed by atoms with Gasteiger partial charge in [0.15, 0.2) is 0 Å². The normalized spacial score (nSPS) is 13.4. The van der Waals surface area contributed by atoms with Gasteiger partial charge in [0.2, 0.25) is 5.91 Å². The van der Waals surface area contributed by atoms with E-state index in [-0.39, 0.29) is 6.10 Å². The zero-order valence-electron chi connectivity index (χ0n) is 11.3. The van der Waals surface area contributed by atoms with Crippen molar-refractivity contribution >= 4 is 17.6 Å². The van der Waals surface area contributed by atoms with Crippen molar-refractivity contribution < 1.29 is 19.4 Å². The van der Waals surface area contributed by atoms with Gasteiger partial charge in [-0.05, 0) is 32.4 Å². The maximum Gasteiger partial charge on any atom is 0.315 e. The highest BCUT2D eigenvalue weighted by atomic mass is 16.5. The van der Waals surface area contributed by atoms with Crippen molar-refractivity contribution in [1.29, 1.82) is 0 Å². The highest BCUT2D eigenvalue weighted by molar-refractivity contribution is 6.03. The van der Waals surface area contributed by atoms with Crippen molar-refractivity contribution in [1.82, 2.24) is 0 Å². The number of aliphatic carboxylic acids is 1. The van der Waals surface area contributed by atoms with Gasteiger partial charge in [-0.25, -0.2) is 0 Å². The summed E-state index contributed by atoms with van der Waals surface area (Å²) in [4.78, 5) is 22.3. The molecule has 0 fully saturated rings. The molecule has 0 aromatic heterocycles. The molecule has 2 atom stereocenters. The quantitative estimate of drug-likeness (QED) is 0.775. The topological polar surface area (TPSA) is 75.6 Å². The smallest absolute Gasteiger partial charge is 0.315 e. The number of nitrogens with one attached hydrogen (secondary N) is 1. The first kappa shape index (κ1) is 15.0. The zero-order chi connectivity index (χ0) is 14.4. The van der Waals surface area contributed by atoms with E-state index in [4.69, 9.17) is 9.84 Å². The standard InChI is InChI=1S/C14H19NO4/c1-4-9(2)19-12-7-5-6-11(8-12)15-13(16)10(3)14(17)18/h5-10H,4H2,1-3H3,(H,15,16)(H,17,18). The molecule has 0 saturated carbocycles. The lowest BCUT2D eigenvalue weighted by Gasteiger charge is -2.14. The summed E-state index contributed by atoms with van der Waals surface area (Å²) in [5.41, 5.74) is 0.527. The number of carboxylic acids is 1. The van der Waals surface area contributed by atoms with E-state index in [1.807, 2.05) is 13.8 Å². The predicted octanol–water partition coefficient (Wildman–Crippen LogP) is 2.52. The largest absolute Gasteiger partial charge is 0.491 e. The molecule has 0 spiro atoms. The molecule has 1 aromatic carbocycles. The molecule has 0 bridgehead atoms. The summed E-state index contributed by atoms with van der Waals surface area (Å²) in [6, 6.07) is 6.91. The van der Waals surface area contributed by atoms with Gasteiger partial charge < -0.3 is 15.2 Å². The third kappa shape index (κ3) is 4.62. The van der Waals surface area contributed by atoms with E-state index in [0.717, 1.165) is 6.42 Å². The van der Waals surface area contributed by atoms with Gasteiger partial charge in [0, 0.05) is 11.8 Å². The molecular weight excluding hydrogens is 246 g/mol. The molecule has 0 saturated heterocycles. The van der Waals surface area contributed by atoms with Crippen LogP contribution in [-0.2, 0) is 9.59 Å². The lowest BCUT2D eigenvalue weighted by molar-refractivity contribution is -0.144. The molecule has 0 aliphatic carbocycles. The molecule has 0 aliphatic heterocycles. The maximum absolute atomic E-state index is 11.6. The van der Waals surface area contributed by atoms with E-state index in [0.29, 0.717) is 11.4 Å². The summed E-state index contributed by atoms with van der Waals surface area (Å²) in [7, 11) is 0. The lowest BCUT2D eigenvalue weighted by atomic mass is 10.1. The number of hydrogen-bond donors (Lipinski definition) is 2. The van der Waals surface area contributed by atoms with Crippen molar-refractivity contribution in [2.45, 2.75) is 33.3 Å². The van der Waals surface area contributed by atoms with Crippen molar-refractivity contribution in [3.05, 3.63) is 24.3 Å². The molecule has 1 rings (SSSR count). The van der Waals surface area contributed by atoms with Gasteiger partial charge in [0.1, 0.15) is 11.7 Å². The molecule has 5 nitrogen and oxygen atoms in total. The predicted molar refractivity (Wildman–Crippen MR) is 72.3 cm³/mol. The third-order valence-corrected chi connectivity index (χ3v) is 2.78. The Hall–Kier alpha value is -2.04. The van der Waals surface area contributed by atoms with E-state index >= 15 is 0 Å². The average Bonchev–Trinajstić information content (AvgIpc) is 2.37. The number of hydrogen-bond acceptors (Lipinski definition) is 3. The second-order valence-electron chi connectivity index (χ2n) is 4.41. The molecule has 1 amide bonds. The number of ether oxygens (including phenoxy) is 1. The molecule has 19 heavy (non-hydrogen) atoms. The molecular formula is C14H19NO4. The van der Waals surface area contributed by atoms with E-state index in [2.05, 4.69) is 5.32 Å². The minimum absolute atomic E-state index is 0.0869. The Morgan fingerprint density at radius 2 is 2.05 bits per heavy atom. The Morgan fingerprint density at radius 1 is 1.37 bits per heavy atom. The number of carboxylic acid groups (broad SMARTS) is 1. The summed E-state index contributed by atoms with van der Waals surface area (Å²) in [5.74, 6) is -2.13. The number of carbonyl (C=O) groups excluding carboxylic acids is 1.